The highest BCUT2D eigenvalue weighted by atomic mass is 35.5. The first-order chi connectivity index (χ1) is 9.67. The van der Waals surface area contributed by atoms with Gasteiger partial charge in [0.25, 0.3) is 0 Å². The largest absolute Gasteiger partial charge is 0.444 e. The first-order valence-corrected chi connectivity index (χ1v) is 7.62. The summed E-state index contributed by atoms with van der Waals surface area (Å²) in [5.41, 5.74) is 7.30. The maximum Gasteiger partial charge on any atom is 0.412 e. The number of amides is 1. The number of nitrogens with two attached hydrogens (primary N) is 1. The summed E-state index contributed by atoms with van der Waals surface area (Å²) in [6.45, 7) is 5.50. The van der Waals surface area contributed by atoms with Crippen molar-refractivity contribution in [3.8, 4) is 0 Å². The number of benzene rings is 1. The predicted molar refractivity (Wildman–Crippen MR) is 85.8 cm³/mol. The van der Waals surface area contributed by atoms with Crippen LogP contribution < -0.4 is 11.1 Å². The fraction of sp³-hybridized carbons (Fsp3) is 0.562. The Morgan fingerprint density at radius 1 is 1.43 bits per heavy atom. The van der Waals surface area contributed by atoms with E-state index in [0.29, 0.717) is 5.02 Å². The molecule has 1 fully saturated rings. The van der Waals surface area contributed by atoms with Gasteiger partial charge in [0.05, 0.1) is 0 Å². The van der Waals surface area contributed by atoms with Gasteiger partial charge < -0.3 is 10.5 Å². The van der Waals surface area contributed by atoms with Crippen LogP contribution in [-0.4, -0.2) is 17.2 Å². The van der Waals surface area contributed by atoms with Gasteiger partial charge in [-0.3, -0.25) is 5.32 Å². The molecule has 0 unspecified atom stereocenters. The smallest absolute Gasteiger partial charge is 0.412 e. The third-order valence-electron chi connectivity index (χ3n) is 3.49. The zero-order valence-corrected chi connectivity index (χ0v) is 13.6. The zero-order chi connectivity index (χ0) is 15.7. The molecule has 3 N–H and O–H groups in total. The Hall–Kier alpha value is -1.26. The molecular weight excluding hydrogens is 288 g/mol. The topological polar surface area (TPSA) is 64.3 Å². The summed E-state index contributed by atoms with van der Waals surface area (Å²) in [5, 5.41) is 3.44. The van der Waals surface area contributed by atoms with E-state index in [4.69, 9.17) is 22.1 Å². The molecule has 21 heavy (non-hydrogen) atoms. The summed E-state index contributed by atoms with van der Waals surface area (Å²) in [5.74, 6) is 0. The van der Waals surface area contributed by atoms with Crippen LogP contribution in [0.15, 0.2) is 18.2 Å². The van der Waals surface area contributed by atoms with E-state index in [1.807, 2.05) is 26.8 Å². The van der Waals surface area contributed by atoms with E-state index < -0.39 is 11.7 Å². The van der Waals surface area contributed by atoms with Gasteiger partial charge >= 0.3 is 6.09 Å². The van der Waals surface area contributed by atoms with Crippen LogP contribution in [0.4, 0.5) is 10.5 Å². The Labute approximate surface area is 131 Å². The lowest BCUT2D eigenvalue weighted by molar-refractivity contribution is 0.0636. The molecule has 116 valence electrons. The summed E-state index contributed by atoms with van der Waals surface area (Å²) in [6.07, 6.45) is 3.38. The van der Waals surface area contributed by atoms with Gasteiger partial charge in [-0.25, -0.2) is 4.79 Å². The van der Waals surface area contributed by atoms with Gasteiger partial charge in [-0.05, 0) is 70.2 Å². The van der Waals surface area contributed by atoms with Crippen molar-refractivity contribution in [2.45, 2.75) is 57.6 Å². The van der Waals surface area contributed by atoms with Gasteiger partial charge in [0.1, 0.15) is 5.60 Å². The molecule has 1 aromatic carbocycles. The minimum absolute atomic E-state index is 0.0223. The molecule has 1 aliphatic rings. The second-order valence-electron chi connectivity index (χ2n) is 6.79. The van der Waals surface area contributed by atoms with Crippen molar-refractivity contribution in [2.24, 2.45) is 5.73 Å². The van der Waals surface area contributed by atoms with Crippen molar-refractivity contribution in [3.63, 3.8) is 0 Å². The van der Waals surface area contributed by atoms with Crippen LogP contribution >= 0.6 is 11.6 Å². The minimum Gasteiger partial charge on any atom is -0.444 e. The van der Waals surface area contributed by atoms with Crippen LogP contribution in [0, 0.1) is 0 Å². The van der Waals surface area contributed by atoms with E-state index in [9.17, 15) is 4.79 Å². The molecule has 1 aliphatic carbocycles. The van der Waals surface area contributed by atoms with Gasteiger partial charge in [-0.2, -0.15) is 0 Å². The minimum atomic E-state index is -0.522. The molecule has 1 aromatic rings. The molecule has 0 atom stereocenters. The average molecular weight is 311 g/mol. The van der Waals surface area contributed by atoms with E-state index >= 15 is 0 Å². The maximum absolute atomic E-state index is 11.9. The second kappa shape index (κ2) is 5.85. The summed E-state index contributed by atoms with van der Waals surface area (Å²) in [7, 11) is 0. The molecule has 0 radical (unpaired) electrons. The van der Waals surface area contributed by atoms with Crippen LogP contribution in [0.1, 0.15) is 45.6 Å². The van der Waals surface area contributed by atoms with E-state index in [1.54, 1.807) is 12.1 Å². The Morgan fingerprint density at radius 2 is 2.10 bits per heavy atom. The van der Waals surface area contributed by atoms with Crippen molar-refractivity contribution >= 4 is 23.4 Å². The Kier molecular flexibility index (Phi) is 4.49. The Bertz CT molecular complexity index is 534. The molecule has 0 saturated heterocycles. The number of hydrogen-bond donors (Lipinski definition) is 2. The number of aryl methyl sites for hydroxylation is 1. The molecule has 0 aliphatic heterocycles. The Morgan fingerprint density at radius 3 is 2.67 bits per heavy atom. The van der Waals surface area contributed by atoms with Crippen molar-refractivity contribution in [1.82, 2.24) is 0 Å². The highest BCUT2D eigenvalue weighted by molar-refractivity contribution is 6.30. The van der Waals surface area contributed by atoms with Gasteiger partial charge in [0.15, 0.2) is 0 Å². The fourth-order valence-corrected chi connectivity index (χ4v) is 2.29. The quantitative estimate of drug-likeness (QED) is 0.879. The van der Waals surface area contributed by atoms with E-state index in [2.05, 4.69) is 5.32 Å². The lowest BCUT2D eigenvalue weighted by Crippen LogP contribution is -2.27. The molecule has 0 spiro atoms. The average Bonchev–Trinajstić information content (AvgIpc) is 3.06. The highest BCUT2D eigenvalue weighted by Crippen LogP contribution is 2.37. The van der Waals surface area contributed by atoms with Crippen LogP contribution in [0.2, 0.25) is 5.02 Å². The summed E-state index contributed by atoms with van der Waals surface area (Å²) in [6, 6.07) is 5.44. The first kappa shape index (κ1) is 16.1. The van der Waals surface area contributed by atoms with Crippen LogP contribution in [-0.2, 0) is 11.2 Å². The SMILES string of the molecule is CC(C)(C)OC(=O)Nc1ccc(Cl)cc1CCC1(N)CC1. The second-order valence-corrected chi connectivity index (χ2v) is 7.23. The van der Waals surface area contributed by atoms with Crippen molar-refractivity contribution in [1.29, 1.82) is 0 Å². The highest BCUT2D eigenvalue weighted by Gasteiger charge is 2.37. The molecule has 2 rings (SSSR count). The van der Waals surface area contributed by atoms with Crippen LogP contribution in [0.25, 0.3) is 0 Å². The number of anilines is 1. The maximum atomic E-state index is 11.9. The van der Waals surface area contributed by atoms with Gasteiger partial charge in [0.2, 0.25) is 0 Å². The zero-order valence-electron chi connectivity index (χ0n) is 12.8. The molecule has 0 bridgehead atoms. The fourth-order valence-electron chi connectivity index (χ4n) is 2.10. The van der Waals surface area contributed by atoms with Gasteiger partial charge in [-0.15, -0.1) is 0 Å². The summed E-state index contributed by atoms with van der Waals surface area (Å²) in [4.78, 5) is 11.9. The molecular formula is C16H23ClN2O2. The number of carbonyl (C=O) groups is 1. The lowest BCUT2D eigenvalue weighted by Gasteiger charge is -2.20. The Balaban J connectivity index is 2.05. The van der Waals surface area contributed by atoms with E-state index in [1.165, 1.54) is 0 Å². The van der Waals surface area contributed by atoms with Crippen molar-refractivity contribution in [3.05, 3.63) is 28.8 Å². The number of rotatable bonds is 4. The molecule has 5 heteroatoms. The third-order valence-corrected chi connectivity index (χ3v) is 3.72. The van der Waals surface area contributed by atoms with Crippen LogP contribution in [0.5, 0.6) is 0 Å². The van der Waals surface area contributed by atoms with Crippen molar-refractivity contribution < 1.29 is 9.53 Å². The monoisotopic (exact) mass is 310 g/mol. The number of nitrogens with one attached hydrogen (secondary N) is 1. The first-order valence-electron chi connectivity index (χ1n) is 7.24. The lowest BCUT2D eigenvalue weighted by atomic mass is 10.0. The van der Waals surface area contributed by atoms with Crippen LogP contribution in [0.3, 0.4) is 0 Å². The molecule has 0 aromatic heterocycles. The predicted octanol–water partition coefficient (Wildman–Crippen LogP) is 4.11. The third kappa shape index (κ3) is 5.21. The van der Waals surface area contributed by atoms with E-state index in [-0.39, 0.29) is 5.54 Å². The summed E-state index contributed by atoms with van der Waals surface area (Å²) < 4.78 is 5.28. The van der Waals surface area contributed by atoms with Crippen molar-refractivity contribution in [2.75, 3.05) is 5.32 Å². The molecule has 1 amide bonds. The van der Waals surface area contributed by atoms with E-state index in [0.717, 1.165) is 36.9 Å². The number of hydrogen-bond acceptors (Lipinski definition) is 3. The molecule has 0 heterocycles. The standard InChI is InChI=1S/C16H23ClN2O2/c1-15(2,3)21-14(20)19-13-5-4-12(17)10-11(13)6-7-16(18)8-9-16/h4-5,10H,6-9,18H2,1-3H3,(H,19,20). The van der Waals surface area contributed by atoms with Gasteiger partial charge in [-0.1, -0.05) is 11.6 Å². The van der Waals surface area contributed by atoms with Gasteiger partial charge in [0, 0.05) is 16.2 Å². The number of halogens is 1. The normalized spacial score (nSPS) is 16.4. The number of ether oxygens (including phenoxy) is 1. The molecule has 1 saturated carbocycles. The molecule has 4 nitrogen and oxygen atoms in total. The summed E-state index contributed by atoms with van der Waals surface area (Å²) >= 11 is 6.05. The number of carbonyl (C=O) groups excluding carboxylic acids is 1.